The highest BCUT2D eigenvalue weighted by Gasteiger charge is 2.35. The van der Waals surface area contributed by atoms with Gasteiger partial charge in [0.1, 0.15) is 0 Å². The first-order valence-corrected chi connectivity index (χ1v) is 6.98. The van der Waals surface area contributed by atoms with Gasteiger partial charge in [-0.3, -0.25) is 0 Å². The Hall–Kier alpha value is -0.960. The van der Waals surface area contributed by atoms with Gasteiger partial charge in [-0.05, 0) is 36.4 Å². The lowest BCUT2D eigenvalue weighted by Crippen LogP contribution is -2.21. The molecule has 1 fully saturated rings. The molecular weight excluding hydrogens is 244 g/mol. The van der Waals surface area contributed by atoms with Crippen LogP contribution in [0.4, 0.5) is 8.78 Å². The molecule has 1 heterocycles. The van der Waals surface area contributed by atoms with Gasteiger partial charge in [0.05, 0.1) is 0 Å². The van der Waals surface area contributed by atoms with Crippen LogP contribution < -0.4 is 5.32 Å². The maximum absolute atomic E-state index is 14.2. The Balaban J connectivity index is 2.11. The molecule has 1 N–H and O–H groups in total. The lowest BCUT2D eigenvalue weighted by atomic mass is 9.85. The Bertz CT molecular complexity index is 411. The van der Waals surface area contributed by atoms with E-state index in [4.69, 9.17) is 0 Å². The summed E-state index contributed by atoms with van der Waals surface area (Å²) in [6.07, 6.45) is 0.810. The first kappa shape index (κ1) is 14.4. The highest BCUT2D eigenvalue weighted by atomic mass is 19.3. The molecule has 1 saturated heterocycles. The number of halogens is 2. The standard InChI is InChI=1S/C16H23F2N/c1-15(2,3)13-4-6-14(7-5-13)16(17,18)10-12-8-9-19-11-12/h4-7,12,19H,8-11H2,1-3H3. The van der Waals surface area contributed by atoms with Crippen LogP contribution in [0, 0.1) is 5.92 Å². The molecule has 1 aliphatic heterocycles. The lowest BCUT2D eigenvalue weighted by molar-refractivity contribution is -0.0268. The molecule has 0 amide bonds. The first-order chi connectivity index (χ1) is 8.79. The monoisotopic (exact) mass is 267 g/mol. The highest BCUT2D eigenvalue weighted by Crippen LogP contribution is 2.37. The smallest absolute Gasteiger partial charge is 0.273 e. The van der Waals surface area contributed by atoms with E-state index in [9.17, 15) is 8.78 Å². The van der Waals surface area contributed by atoms with Crippen molar-refractivity contribution in [2.75, 3.05) is 13.1 Å². The van der Waals surface area contributed by atoms with Gasteiger partial charge in [-0.2, -0.15) is 0 Å². The first-order valence-electron chi connectivity index (χ1n) is 6.98. The molecule has 1 unspecified atom stereocenters. The summed E-state index contributed by atoms with van der Waals surface area (Å²) in [5.41, 5.74) is 1.24. The van der Waals surface area contributed by atoms with Gasteiger partial charge in [0, 0.05) is 12.0 Å². The van der Waals surface area contributed by atoms with Gasteiger partial charge in [-0.1, -0.05) is 45.0 Å². The average Bonchev–Trinajstić information content (AvgIpc) is 2.80. The van der Waals surface area contributed by atoms with E-state index < -0.39 is 5.92 Å². The van der Waals surface area contributed by atoms with Crippen molar-refractivity contribution in [3.05, 3.63) is 35.4 Å². The summed E-state index contributed by atoms with van der Waals surface area (Å²) >= 11 is 0. The van der Waals surface area contributed by atoms with Crippen LogP contribution in [0.5, 0.6) is 0 Å². The summed E-state index contributed by atoms with van der Waals surface area (Å²) in [5, 5.41) is 3.14. The van der Waals surface area contributed by atoms with Crippen molar-refractivity contribution >= 4 is 0 Å². The average molecular weight is 267 g/mol. The van der Waals surface area contributed by atoms with Gasteiger partial charge in [0.25, 0.3) is 5.92 Å². The third-order valence-corrected chi connectivity index (χ3v) is 3.88. The number of hydrogen-bond acceptors (Lipinski definition) is 1. The molecule has 106 valence electrons. The molecule has 0 spiro atoms. The van der Waals surface area contributed by atoms with Crippen LogP contribution in [-0.2, 0) is 11.3 Å². The maximum Gasteiger partial charge on any atom is 0.273 e. The van der Waals surface area contributed by atoms with Gasteiger partial charge >= 0.3 is 0 Å². The summed E-state index contributed by atoms with van der Waals surface area (Å²) < 4.78 is 28.4. The van der Waals surface area contributed by atoms with Crippen LogP contribution in [0.1, 0.15) is 44.7 Å². The van der Waals surface area contributed by atoms with E-state index in [0.29, 0.717) is 0 Å². The van der Waals surface area contributed by atoms with Crippen LogP contribution in [0.2, 0.25) is 0 Å². The van der Waals surface area contributed by atoms with Gasteiger partial charge in [-0.25, -0.2) is 8.78 Å². The van der Waals surface area contributed by atoms with E-state index in [1.54, 1.807) is 12.1 Å². The lowest BCUT2D eigenvalue weighted by Gasteiger charge is -2.23. The second-order valence-corrected chi connectivity index (χ2v) is 6.59. The molecule has 0 bridgehead atoms. The second-order valence-electron chi connectivity index (χ2n) is 6.59. The maximum atomic E-state index is 14.2. The van der Waals surface area contributed by atoms with E-state index in [2.05, 4.69) is 26.1 Å². The number of alkyl halides is 2. The third-order valence-electron chi connectivity index (χ3n) is 3.88. The van der Waals surface area contributed by atoms with Crippen LogP contribution in [0.3, 0.4) is 0 Å². The molecule has 3 heteroatoms. The van der Waals surface area contributed by atoms with Gasteiger partial charge < -0.3 is 5.32 Å². The SMILES string of the molecule is CC(C)(C)c1ccc(C(F)(F)CC2CCNC2)cc1. The molecule has 1 nitrogen and oxygen atoms in total. The third kappa shape index (κ3) is 3.53. The van der Waals surface area contributed by atoms with Crippen molar-refractivity contribution < 1.29 is 8.78 Å². The van der Waals surface area contributed by atoms with Crippen molar-refractivity contribution in [2.45, 2.75) is 45.0 Å². The fraction of sp³-hybridized carbons (Fsp3) is 0.625. The Morgan fingerprint density at radius 2 is 1.68 bits per heavy atom. The predicted molar refractivity (Wildman–Crippen MR) is 74.6 cm³/mol. The van der Waals surface area contributed by atoms with Crippen LogP contribution in [-0.4, -0.2) is 13.1 Å². The van der Waals surface area contributed by atoms with Crippen molar-refractivity contribution in [1.29, 1.82) is 0 Å². The van der Waals surface area contributed by atoms with Crippen molar-refractivity contribution in [1.82, 2.24) is 5.32 Å². The quantitative estimate of drug-likeness (QED) is 0.870. The largest absolute Gasteiger partial charge is 0.316 e. The van der Waals surface area contributed by atoms with E-state index in [-0.39, 0.29) is 23.3 Å². The van der Waals surface area contributed by atoms with Crippen LogP contribution >= 0.6 is 0 Å². The zero-order chi connectivity index (χ0) is 14.1. The zero-order valence-electron chi connectivity index (χ0n) is 12.0. The molecule has 0 aliphatic carbocycles. The van der Waals surface area contributed by atoms with Crippen molar-refractivity contribution in [2.24, 2.45) is 5.92 Å². The molecule has 2 rings (SSSR count). The summed E-state index contributed by atoms with van der Waals surface area (Å²) in [6, 6.07) is 6.83. The van der Waals surface area contributed by atoms with E-state index >= 15 is 0 Å². The molecule has 0 saturated carbocycles. The van der Waals surface area contributed by atoms with E-state index in [1.165, 1.54) is 0 Å². The Morgan fingerprint density at radius 3 is 2.16 bits per heavy atom. The minimum atomic E-state index is -2.72. The van der Waals surface area contributed by atoms with Crippen molar-refractivity contribution in [3.8, 4) is 0 Å². The molecule has 19 heavy (non-hydrogen) atoms. The molecular formula is C16H23F2N. The van der Waals surface area contributed by atoms with Crippen LogP contribution in [0.25, 0.3) is 0 Å². The summed E-state index contributed by atoms with van der Waals surface area (Å²) in [5.74, 6) is -2.62. The zero-order valence-corrected chi connectivity index (χ0v) is 12.0. The Kier molecular flexibility index (Phi) is 3.95. The minimum Gasteiger partial charge on any atom is -0.316 e. The molecule has 1 aromatic carbocycles. The number of hydrogen-bond donors (Lipinski definition) is 1. The van der Waals surface area contributed by atoms with Crippen molar-refractivity contribution in [3.63, 3.8) is 0 Å². The Labute approximate surface area is 114 Å². The summed E-state index contributed by atoms with van der Waals surface area (Å²) in [4.78, 5) is 0. The normalized spacial score (nSPS) is 20.8. The Morgan fingerprint density at radius 1 is 1.11 bits per heavy atom. The fourth-order valence-electron chi connectivity index (χ4n) is 2.58. The molecule has 0 aromatic heterocycles. The van der Waals surface area contributed by atoms with Crippen LogP contribution in [0.15, 0.2) is 24.3 Å². The van der Waals surface area contributed by atoms with E-state index in [1.807, 2.05) is 12.1 Å². The summed E-state index contributed by atoms with van der Waals surface area (Å²) in [6.45, 7) is 7.85. The topological polar surface area (TPSA) is 12.0 Å². The molecule has 0 radical (unpaired) electrons. The molecule has 1 atom stereocenters. The molecule has 1 aromatic rings. The van der Waals surface area contributed by atoms with Gasteiger partial charge in [0.15, 0.2) is 0 Å². The fourth-order valence-corrected chi connectivity index (χ4v) is 2.58. The van der Waals surface area contributed by atoms with E-state index in [0.717, 1.165) is 25.1 Å². The minimum absolute atomic E-state index is 0.00316. The van der Waals surface area contributed by atoms with Gasteiger partial charge in [-0.15, -0.1) is 0 Å². The second kappa shape index (κ2) is 5.20. The van der Waals surface area contributed by atoms with Gasteiger partial charge in [0.2, 0.25) is 0 Å². The number of rotatable bonds is 3. The summed E-state index contributed by atoms with van der Waals surface area (Å²) in [7, 11) is 0. The highest BCUT2D eigenvalue weighted by molar-refractivity contribution is 5.29. The predicted octanol–water partition coefficient (Wildman–Crippen LogP) is 4.08. The number of nitrogens with one attached hydrogen (secondary N) is 1. The molecule has 1 aliphatic rings. The number of benzene rings is 1.